The monoisotopic (exact) mass is 271 g/mol. The van der Waals surface area contributed by atoms with Gasteiger partial charge in [-0.25, -0.2) is 4.79 Å². The topological polar surface area (TPSA) is 72.5 Å². The predicted molar refractivity (Wildman–Crippen MR) is 78.1 cm³/mol. The number of hydrogen-bond acceptors (Lipinski definition) is 3. The van der Waals surface area contributed by atoms with Gasteiger partial charge in [-0.05, 0) is 42.7 Å². The van der Waals surface area contributed by atoms with E-state index < -0.39 is 5.97 Å². The molecule has 0 aliphatic rings. The van der Waals surface area contributed by atoms with Crippen molar-refractivity contribution in [1.29, 1.82) is 0 Å². The summed E-state index contributed by atoms with van der Waals surface area (Å²) in [6.45, 7) is 4.51. The zero-order valence-electron chi connectivity index (χ0n) is 11.5. The van der Waals surface area contributed by atoms with Gasteiger partial charge in [-0.2, -0.15) is 0 Å². The molecule has 2 aromatic rings. The molecule has 0 spiro atoms. The Morgan fingerprint density at radius 1 is 1.20 bits per heavy atom. The lowest BCUT2D eigenvalue weighted by atomic mass is 10.0. The molecule has 2 aromatic carbocycles. The van der Waals surface area contributed by atoms with Crippen molar-refractivity contribution in [3.63, 3.8) is 0 Å². The van der Waals surface area contributed by atoms with Crippen LogP contribution in [0.5, 0.6) is 5.75 Å². The Labute approximate surface area is 117 Å². The third-order valence-electron chi connectivity index (χ3n) is 3.28. The molecule has 0 bridgehead atoms. The van der Waals surface area contributed by atoms with Gasteiger partial charge in [0.15, 0.2) is 0 Å². The summed E-state index contributed by atoms with van der Waals surface area (Å²) in [4.78, 5) is 10.9. The smallest absolute Gasteiger partial charge is 0.337 e. The van der Waals surface area contributed by atoms with Crippen LogP contribution in [0.25, 0.3) is 0 Å². The standard InChI is InChI=1S/C16H17NO3/c1-10-4-3-5-11(2)14(10)9-20-12-6-7-13(16(18)19)15(17)8-12/h3-8H,9,17H2,1-2H3,(H,18,19). The van der Waals surface area contributed by atoms with Crippen LogP contribution in [-0.4, -0.2) is 11.1 Å². The van der Waals surface area contributed by atoms with Crippen LogP contribution in [0, 0.1) is 13.8 Å². The maximum Gasteiger partial charge on any atom is 0.337 e. The van der Waals surface area contributed by atoms with Gasteiger partial charge in [0.05, 0.1) is 5.56 Å². The van der Waals surface area contributed by atoms with Crippen LogP contribution in [0.15, 0.2) is 36.4 Å². The molecule has 104 valence electrons. The highest BCUT2D eigenvalue weighted by atomic mass is 16.5. The molecular weight excluding hydrogens is 254 g/mol. The molecule has 2 rings (SSSR count). The van der Waals surface area contributed by atoms with E-state index in [1.165, 1.54) is 23.3 Å². The Bertz CT molecular complexity index is 630. The normalized spacial score (nSPS) is 10.3. The van der Waals surface area contributed by atoms with E-state index in [9.17, 15) is 4.79 Å². The molecule has 0 aromatic heterocycles. The van der Waals surface area contributed by atoms with Crippen molar-refractivity contribution in [2.45, 2.75) is 20.5 Å². The van der Waals surface area contributed by atoms with Crippen molar-refractivity contribution in [3.05, 3.63) is 58.7 Å². The number of aromatic carboxylic acids is 1. The van der Waals surface area contributed by atoms with E-state index >= 15 is 0 Å². The lowest BCUT2D eigenvalue weighted by Gasteiger charge is -2.12. The van der Waals surface area contributed by atoms with Gasteiger partial charge >= 0.3 is 5.97 Å². The molecule has 0 saturated carbocycles. The van der Waals surface area contributed by atoms with Crippen LogP contribution in [0.2, 0.25) is 0 Å². The molecule has 4 heteroatoms. The van der Waals surface area contributed by atoms with Crippen molar-refractivity contribution in [2.24, 2.45) is 0 Å². The number of benzene rings is 2. The SMILES string of the molecule is Cc1cccc(C)c1COc1ccc(C(=O)O)c(N)c1. The summed E-state index contributed by atoms with van der Waals surface area (Å²) in [5.74, 6) is -0.473. The maximum absolute atomic E-state index is 10.9. The van der Waals surface area contributed by atoms with E-state index in [1.807, 2.05) is 32.0 Å². The molecule has 0 unspecified atom stereocenters. The predicted octanol–water partition coefficient (Wildman–Crippen LogP) is 3.16. The van der Waals surface area contributed by atoms with E-state index in [0.29, 0.717) is 12.4 Å². The molecule has 0 aliphatic heterocycles. The van der Waals surface area contributed by atoms with Crippen LogP contribution in [0.1, 0.15) is 27.0 Å². The van der Waals surface area contributed by atoms with Gasteiger partial charge in [-0.3, -0.25) is 0 Å². The number of nitrogens with two attached hydrogens (primary N) is 1. The lowest BCUT2D eigenvalue weighted by molar-refractivity contribution is 0.0698. The zero-order chi connectivity index (χ0) is 14.7. The molecular formula is C16H17NO3. The van der Waals surface area contributed by atoms with E-state index in [0.717, 1.165) is 5.56 Å². The minimum atomic E-state index is -1.04. The molecule has 0 aliphatic carbocycles. The van der Waals surface area contributed by atoms with Crippen molar-refractivity contribution in [1.82, 2.24) is 0 Å². The number of anilines is 1. The van der Waals surface area contributed by atoms with Gasteiger partial charge in [0.1, 0.15) is 12.4 Å². The first-order valence-electron chi connectivity index (χ1n) is 6.29. The summed E-state index contributed by atoms with van der Waals surface area (Å²) >= 11 is 0. The molecule has 0 amide bonds. The second-order valence-electron chi connectivity index (χ2n) is 4.71. The average molecular weight is 271 g/mol. The Kier molecular flexibility index (Phi) is 3.94. The first-order valence-corrected chi connectivity index (χ1v) is 6.29. The first kappa shape index (κ1) is 13.9. The Hall–Kier alpha value is -2.49. The third kappa shape index (κ3) is 2.91. The number of carbonyl (C=O) groups is 1. The minimum absolute atomic E-state index is 0.0874. The highest BCUT2D eigenvalue weighted by Gasteiger charge is 2.09. The van der Waals surface area contributed by atoms with Crippen molar-refractivity contribution >= 4 is 11.7 Å². The van der Waals surface area contributed by atoms with Gasteiger partial charge in [0, 0.05) is 11.8 Å². The highest BCUT2D eigenvalue weighted by Crippen LogP contribution is 2.22. The number of hydrogen-bond donors (Lipinski definition) is 2. The fourth-order valence-electron chi connectivity index (χ4n) is 2.06. The average Bonchev–Trinajstić information content (AvgIpc) is 2.37. The molecule has 3 N–H and O–H groups in total. The molecule has 20 heavy (non-hydrogen) atoms. The molecule has 0 saturated heterocycles. The van der Waals surface area contributed by atoms with Gasteiger partial charge in [0.25, 0.3) is 0 Å². The second kappa shape index (κ2) is 5.65. The molecule has 0 heterocycles. The fourth-order valence-corrected chi connectivity index (χ4v) is 2.06. The molecule has 0 atom stereocenters. The van der Waals surface area contributed by atoms with Crippen LogP contribution in [0.4, 0.5) is 5.69 Å². The van der Waals surface area contributed by atoms with Gasteiger partial charge in [-0.15, -0.1) is 0 Å². The van der Waals surface area contributed by atoms with E-state index in [1.54, 1.807) is 6.07 Å². The van der Waals surface area contributed by atoms with Crippen LogP contribution >= 0.6 is 0 Å². The van der Waals surface area contributed by atoms with E-state index in [4.69, 9.17) is 15.6 Å². The Morgan fingerprint density at radius 2 is 1.85 bits per heavy atom. The number of carboxylic acid groups (broad SMARTS) is 1. The van der Waals surface area contributed by atoms with Gasteiger partial charge < -0.3 is 15.6 Å². The number of aryl methyl sites for hydroxylation is 2. The van der Waals surface area contributed by atoms with Crippen molar-refractivity contribution in [3.8, 4) is 5.75 Å². The summed E-state index contributed by atoms with van der Waals surface area (Å²) in [5, 5.41) is 8.92. The molecule has 0 radical (unpaired) electrons. The highest BCUT2D eigenvalue weighted by molar-refractivity contribution is 5.93. The van der Waals surface area contributed by atoms with Crippen molar-refractivity contribution in [2.75, 3.05) is 5.73 Å². The number of ether oxygens (including phenoxy) is 1. The Balaban J connectivity index is 2.16. The van der Waals surface area contributed by atoms with Crippen LogP contribution in [-0.2, 0) is 6.61 Å². The van der Waals surface area contributed by atoms with Gasteiger partial charge in [-0.1, -0.05) is 18.2 Å². The summed E-state index contributed by atoms with van der Waals surface area (Å²) < 4.78 is 5.70. The minimum Gasteiger partial charge on any atom is -0.489 e. The molecule has 4 nitrogen and oxygen atoms in total. The second-order valence-corrected chi connectivity index (χ2v) is 4.71. The van der Waals surface area contributed by atoms with Crippen LogP contribution in [0.3, 0.4) is 0 Å². The third-order valence-corrected chi connectivity index (χ3v) is 3.28. The summed E-state index contributed by atoms with van der Waals surface area (Å²) in [6, 6.07) is 10.7. The Morgan fingerprint density at radius 3 is 2.40 bits per heavy atom. The number of rotatable bonds is 4. The number of nitrogen functional groups attached to an aromatic ring is 1. The number of carboxylic acids is 1. The maximum atomic E-state index is 10.9. The van der Waals surface area contributed by atoms with Crippen molar-refractivity contribution < 1.29 is 14.6 Å². The van der Waals surface area contributed by atoms with Crippen LogP contribution < -0.4 is 10.5 Å². The van der Waals surface area contributed by atoms with E-state index in [2.05, 4.69) is 0 Å². The van der Waals surface area contributed by atoms with Gasteiger partial charge in [0.2, 0.25) is 0 Å². The summed E-state index contributed by atoms with van der Waals surface area (Å²) in [7, 11) is 0. The quantitative estimate of drug-likeness (QED) is 0.838. The summed E-state index contributed by atoms with van der Waals surface area (Å²) in [6.07, 6.45) is 0. The summed E-state index contributed by atoms with van der Waals surface area (Å²) in [5.41, 5.74) is 9.45. The fraction of sp³-hybridized carbons (Fsp3) is 0.188. The van der Waals surface area contributed by atoms with E-state index in [-0.39, 0.29) is 11.3 Å². The first-order chi connectivity index (χ1) is 9.49. The zero-order valence-corrected chi connectivity index (χ0v) is 11.5. The lowest BCUT2D eigenvalue weighted by Crippen LogP contribution is -2.04. The molecule has 0 fully saturated rings. The largest absolute Gasteiger partial charge is 0.489 e.